The zero-order valence-electron chi connectivity index (χ0n) is 10.6. The van der Waals surface area contributed by atoms with Crippen molar-refractivity contribution in [1.29, 1.82) is 0 Å². The number of nitrogen functional groups attached to an aromatic ring is 1. The molecule has 0 saturated carbocycles. The molecule has 6 nitrogen and oxygen atoms in total. The van der Waals surface area contributed by atoms with Crippen molar-refractivity contribution in [2.45, 2.75) is 0 Å². The Bertz CT molecular complexity index is 586. The number of para-hydroxylation sites is 1. The van der Waals surface area contributed by atoms with E-state index in [1.165, 1.54) is 6.07 Å². The van der Waals surface area contributed by atoms with Crippen molar-refractivity contribution >= 4 is 22.5 Å². The summed E-state index contributed by atoms with van der Waals surface area (Å²) in [6, 6.07) is 8.89. The van der Waals surface area contributed by atoms with Crippen LogP contribution in [0.4, 0.5) is 5.69 Å². The maximum atomic E-state index is 11.8. The smallest absolute Gasteiger partial charge is 0.293 e. The van der Waals surface area contributed by atoms with Crippen LogP contribution in [0.2, 0.25) is 0 Å². The summed E-state index contributed by atoms with van der Waals surface area (Å²) in [6.45, 7) is 0.666. The lowest BCUT2D eigenvalue weighted by molar-refractivity contribution is 0.00860. The van der Waals surface area contributed by atoms with Crippen molar-refractivity contribution in [3.05, 3.63) is 36.0 Å². The van der Waals surface area contributed by atoms with Crippen LogP contribution in [0.25, 0.3) is 10.9 Å². The van der Waals surface area contributed by atoms with Gasteiger partial charge in [0.2, 0.25) is 0 Å². The Balaban J connectivity index is 2.14. The van der Waals surface area contributed by atoms with Crippen molar-refractivity contribution in [2.75, 3.05) is 26.1 Å². The second kappa shape index (κ2) is 6.12. The summed E-state index contributed by atoms with van der Waals surface area (Å²) in [5.41, 5.74) is 9.57. The minimum Gasteiger partial charge on any atom is -0.398 e. The molecule has 2 aromatic rings. The summed E-state index contributed by atoms with van der Waals surface area (Å²) in [5.74, 6) is -0.437. The van der Waals surface area contributed by atoms with E-state index in [1.54, 1.807) is 13.2 Å². The molecule has 1 aromatic carbocycles. The summed E-state index contributed by atoms with van der Waals surface area (Å²) >= 11 is 0. The second-order valence-electron chi connectivity index (χ2n) is 3.89. The van der Waals surface area contributed by atoms with Crippen molar-refractivity contribution in [2.24, 2.45) is 0 Å². The molecule has 0 unspecified atom stereocenters. The van der Waals surface area contributed by atoms with Crippen molar-refractivity contribution in [3.63, 3.8) is 0 Å². The average molecular weight is 261 g/mol. The number of carbonyl (C=O) groups is 1. The maximum absolute atomic E-state index is 11.8. The summed E-state index contributed by atoms with van der Waals surface area (Å²) in [4.78, 5) is 21.0. The number of pyridine rings is 1. The number of hydrogen-bond acceptors (Lipinski definition) is 5. The minimum absolute atomic E-state index is 0.216. The van der Waals surface area contributed by atoms with Gasteiger partial charge in [-0.1, -0.05) is 18.2 Å². The molecule has 0 aliphatic carbocycles. The van der Waals surface area contributed by atoms with Crippen LogP contribution in [0, 0.1) is 0 Å². The van der Waals surface area contributed by atoms with Gasteiger partial charge in [0.25, 0.3) is 5.91 Å². The number of hydrogen-bond donors (Lipinski definition) is 2. The second-order valence-corrected chi connectivity index (χ2v) is 3.89. The molecular weight excluding hydrogens is 246 g/mol. The molecule has 0 aliphatic rings. The highest BCUT2D eigenvalue weighted by molar-refractivity contribution is 5.98. The van der Waals surface area contributed by atoms with Gasteiger partial charge in [0.05, 0.1) is 18.7 Å². The number of rotatable bonds is 5. The van der Waals surface area contributed by atoms with Crippen LogP contribution in [0.15, 0.2) is 30.3 Å². The fraction of sp³-hybridized carbons (Fsp3) is 0.231. The largest absolute Gasteiger partial charge is 0.398 e. The molecule has 0 atom stereocenters. The van der Waals surface area contributed by atoms with Crippen molar-refractivity contribution < 1.29 is 14.4 Å². The molecule has 0 aliphatic heterocycles. The topological polar surface area (TPSA) is 86.5 Å². The molecule has 0 fully saturated rings. The monoisotopic (exact) mass is 261 g/mol. The van der Waals surface area contributed by atoms with E-state index in [1.807, 2.05) is 18.2 Å². The summed E-state index contributed by atoms with van der Waals surface area (Å²) in [5, 5.41) is 0.819. The third kappa shape index (κ3) is 3.18. The van der Waals surface area contributed by atoms with Gasteiger partial charge in [0.1, 0.15) is 5.69 Å². The molecule has 2 rings (SSSR count). The number of nitrogens with one attached hydrogen (secondary N) is 1. The number of fused-ring (bicyclic) bond motifs is 1. The zero-order valence-corrected chi connectivity index (χ0v) is 10.6. The van der Waals surface area contributed by atoms with E-state index in [2.05, 4.69) is 10.5 Å². The molecule has 100 valence electrons. The lowest BCUT2D eigenvalue weighted by Gasteiger charge is -2.07. The molecule has 0 bridgehead atoms. The SMILES string of the molecule is COCCONC(=O)c1cc(N)c2ccccc2n1. The molecule has 0 saturated heterocycles. The molecule has 1 aromatic heterocycles. The molecular formula is C13H15N3O3. The quantitative estimate of drug-likeness (QED) is 0.622. The average Bonchev–Trinajstić information content (AvgIpc) is 2.43. The number of methoxy groups -OCH3 is 1. The first kappa shape index (κ1) is 13.3. The van der Waals surface area contributed by atoms with Crippen LogP contribution in [-0.4, -0.2) is 31.2 Å². The predicted molar refractivity (Wildman–Crippen MR) is 71.4 cm³/mol. The highest BCUT2D eigenvalue weighted by Crippen LogP contribution is 2.19. The Morgan fingerprint density at radius 3 is 2.95 bits per heavy atom. The predicted octanol–water partition coefficient (Wildman–Crippen LogP) is 1.12. The Labute approximate surface area is 110 Å². The Morgan fingerprint density at radius 1 is 1.37 bits per heavy atom. The van der Waals surface area contributed by atoms with Gasteiger partial charge in [-0.05, 0) is 12.1 Å². The molecule has 3 N–H and O–H groups in total. The van der Waals surface area contributed by atoms with E-state index in [4.69, 9.17) is 15.3 Å². The van der Waals surface area contributed by atoms with Crippen LogP contribution >= 0.6 is 0 Å². The molecule has 1 amide bonds. The fourth-order valence-corrected chi connectivity index (χ4v) is 1.61. The number of aromatic nitrogens is 1. The Hall–Kier alpha value is -2.18. The molecule has 0 spiro atoms. The lowest BCUT2D eigenvalue weighted by Crippen LogP contribution is -2.26. The number of nitrogens with zero attached hydrogens (tertiary/aromatic N) is 1. The van der Waals surface area contributed by atoms with Gasteiger partial charge in [-0.25, -0.2) is 10.5 Å². The molecule has 1 heterocycles. The Morgan fingerprint density at radius 2 is 2.16 bits per heavy atom. The molecule has 0 radical (unpaired) electrons. The van der Waals surface area contributed by atoms with Gasteiger partial charge in [-0.15, -0.1) is 0 Å². The van der Waals surface area contributed by atoms with E-state index in [9.17, 15) is 4.79 Å². The van der Waals surface area contributed by atoms with Gasteiger partial charge in [0, 0.05) is 18.2 Å². The first-order valence-electron chi connectivity index (χ1n) is 5.78. The van der Waals surface area contributed by atoms with E-state index in [0.717, 1.165) is 5.39 Å². The molecule has 6 heteroatoms. The third-order valence-corrected chi connectivity index (χ3v) is 2.54. The van der Waals surface area contributed by atoms with E-state index in [0.29, 0.717) is 17.8 Å². The van der Waals surface area contributed by atoms with E-state index >= 15 is 0 Å². The first-order chi connectivity index (χ1) is 9.22. The number of carbonyl (C=O) groups excluding carboxylic acids is 1. The normalized spacial score (nSPS) is 10.6. The number of amides is 1. The molecule has 19 heavy (non-hydrogen) atoms. The Kier molecular flexibility index (Phi) is 4.27. The maximum Gasteiger partial charge on any atom is 0.293 e. The number of nitrogens with two attached hydrogens (primary N) is 1. The number of hydroxylamine groups is 1. The number of benzene rings is 1. The van der Waals surface area contributed by atoms with Gasteiger partial charge < -0.3 is 10.5 Å². The van der Waals surface area contributed by atoms with Gasteiger partial charge >= 0.3 is 0 Å². The van der Waals surface area contributed by atoms with Crippen LogP contribution < -0.4 is 11.2 Å². The number of ether oxygens (including phenoxy) is 1. The third-order valence-electron chi connectivity index (χ3n) is 2.54. The zero-order chi connectivity index (χ0) is 13.7. The minimum atomic E-state index is -0.437. The van der Waals surface area contributed by atoms with Crippen LogP contribution in [-0.2, 0) is 9.57 Å². The van der Waals surface area contributed by atoms with E-state index in [-0.39, 0.29) is 12.3 Å². The van der Waals surface area contributed by atoms with Gasteiger partial charge in [-0.2, -0.15) is 0 Å². The van der Waals surface area contributed by atoms with Crippen LogP contribution in [0.1, 0.15) is 10.5 Å². The number of anilines is 1. The lowest BCUT2D eigenvalue weighted by atomic mass is 10.1. The highest BCUT2D eigenvalue weighted by atomic mass is 16.7. The van der Waals surface area contributed by atoms with Crippen LogP contribution in [0.3, 0.4) is 0 Å². The highest BCUT2D eigenvalue weighted by Gasteiger charge is 2.10. The van der Waals surface area contributed by atoms with Crippen molar-refractivity contribution in [1.82, 2.24) is 10.5 Å². The van der Waals surface area contributed by atoms with E-state index < -0.39 is 5.91 Å². The van der Waals surface area contributed by atoms with Crippen molar-refractivity contribution in [3.8, 4) is 0 Å². The first-order valence-corrected chi connectivity index (χ1v) is 5.78. The summed E-state index contributed by atoms with van der Waals surface area (Å²) in [6.07, 6.45) is 0. The summed E-state index contributed by atoms with van der Waals surface area (Å²) < 4.78 is 4.79. The summed E-state index contributed by atoms with van der Waals surface area (Å²) in [7, 11) is 1.55. The van der Waals surface area contributed by atoms with Crippen LogP contribution in [0.5, 0.6) is 0 Å². The van der Waals surface area contributed by atoms with Gasteiger partial charge in [-0.3, -0.25) is 9.63 Å². The standard InChI is InChI=1S/C13H15N3O3/c1-18-6-7-19-16-13(17)12-8-10(14)9-4-2-3-5-11(9)15-12/h2-5,8H,6-7H2,1H3,(H2,14,15)(H,16,17). The van der Waals surface area contributed by atoms with Gasteiger partial charge in [0.15, 0.2) is 0 Å². The fourth-order valence-electron chi connectivity index (χ4n) is 1.61.